The summed E-state index contributed by atoms with van der Waals surface area (Å²) in [4.78, 5) is 14.3. The quantitative estimate of drug-likeness (QED) is 0.744. The molecule has 4 nitrogen and oxygen atoms in total. The summed E-state index contributed by atoms with van der Waals surface area (Å²) in [5.41, 5.74) is 0.360. The zero-order valence-electron chi connectivity index (χ0n) is 15.3. The van der Waals surface area contributed by atoms with Crippen LogP contribution >= 0.6 is 0 Å². The highest BCUT2D eigenvalue weighted by atomic mass is 19.1. The zero-order chi connectivity index (χ0) is 18.7. The van der Waals surface area contributed by atoms with Gasteiger partial charge in [0.1, 0.15) is 0 Å². The number of unbranched alkanes of at least 4 members (excludes halogenated alkanes) is 1. The number of aliphatic hydroxyl groups excluding tert-OH is 1. The van der Waals surface area contributed by atoms with Crippen molar-refractivity contribution in [2.24, 2.45) is 11.8 Å². The van der Waals surface area contributed by atoms with Gasteiger partial charge in [-0.25, -0.2) is 8.78 Å². The number of ether oxygens (including phenoxy) is 1. The lowest BCUT2D eigenvalue weighted by Crippen LogP contribution is -2.32. The summed E-state index contributed by atoms with van der Waals surface area (Å²) in [7, 11) is 0. The first-order valence-corrected chi connectivity index (χ1v) is 9.58. The highest BCUT2D eigenvalue weighted by molar-refractivity contribution is 5.99. The Morgan fingerprint density at radius 2 is 1.92 bits per heavy atom. The van der Waals surface area contributed by atoms with Gasteiger partial charge in [-0.15, -0.1) is 0 Å². The first kappa shape index (κ1) is 19.1. The molecule has 1 N–H and O–H groups in total. The summed E-state index contributed by atoms with van der Waals surface area (Å²) in [6.07, 6.45) is 5.37. The molecule has 0 saturated heterocycles. The molecular weight excluding hydrogens is 340 g/mol. The molecule has 1 saturated carbocycles. The molecule has 6 heteroatoms. The van der Waals surface area contributed by atoms with E-state index in [1.807, 2.05) is 6.92 Å². The number of rotatable bonds is 7. The minimum Gasteiger partial charge on any atom is -0.488 e. The maximum absolute atomic E-state index is 14.7. The molecule has 1 aromatic rings. The molecule has 0 aromatic heterocycles. The third-order valence-electron chi connectivity index (χ3n) is 5.57. The van der Waals surface area contributed by atoms with Crippen LogP contribution in [-0.4, -0.2) is 35.7 Å². The van der Waals surface area contributed by atoms with E-state index in [9.17, 15) is 18.7 Å². The molecule has 1 amide bonds. The van der Waals surface area contributed by atoms with Crippen LogP contribution in [0.25, 0.3) is 0 Å². The van der Waals surface area contributed by atoms with Gasteiger partial charge in [0.2, 0.25) is 0 Å². The number of carbonyl (C=O) groups excluding carboxylic acids is 1. The predicted octanol–water partition coefficient (Wildman–Crippen LogP) is 3.90. The largest absolute Gasteiger partial charge is 0.488 e. The first-order valence-electron chi connectivity index (χ1n) is 9.58. The van der Waals surface area contributed by atoms with E-state index in [1.54, 1.807) is 4.90 Å². The van der Waals surface area contributed by atoms with Gasteiger partial charge in [0, 0.05) is 19.7 Å². The second-order valence-corrected chi connectivity index (χ2v) is 7.49. The topological polar surface area (TPSA) is 49.8 Å². The number of halogens is 2. The van der Waals surface area contributed by atoms with Gasteiger partial charge in [0.05, 0.1) is 12.2 Å². The van der Waals surface area contributed by atoms with Crippen LogP contribution in [0.5, 0.6) is 5.75 Å². The van der Waals surface area contributed by atoms with Crippen molar-refractivity contribution in [1.29, 1.82) is 0 Å². The van der Waals surface area contributed by atoms with Gasteiger partial charge in [0.15, 0.2) is 17.4 Å². The zero-order valence-corrected chi connectivity index (χ0v) is 15.3. The molecule has 0 spiro atoms. The van der Waals surface area contributed by atoms with Gasteiger partial charge in [-0.1, -0.05) is 13.3 Å². The molecule has 26 heavy (non-hydrogen) atoms. The van der Waals surface area contributed by atoms with Crippen LogP contribution in [0.15, 0.2) is 6.07 Å². The number of amides is 1. The van der Waals surface area contributed by atoms with E-state index in [0.717, 1.165) is 32.1 Å². The van der Waals surface area contributed by atoms with Crippen molar-refractivity contribution >= 4 is 5.91 Å². The maximum atomic E-state index is 14.7. The minimum atomic E-state index is -0.868. The van der Waals surface area contributed by atoms with E-state index in [1.165, 1.54) is 6.07 Å². The standard InChI is InChI=1S/C20H27F2NO3/c1-2-3-8-26-19-16(21)9-15-11-23(20(25)17(15)18(19)22)10-13-4-6-14(12-24)7-5-13/h9,13-14,24H,2-8,10-12H2,1H3/t13-,14-. The number of benzene rings is 1. The van der Waals surface area contributed by atoms with Gasteiger partial charge in [-0.05, 0) is 55.6 Å². The van der Waals surface area contributed by atoms with Crippen molar-refractivity contribution in [1.82, 2.24) is 4.90 Å². The maximum Gasteiger partial charge on any atom is 0.257 e. The first-order chi connectivity index (χ1) is 12.5. The summed E-state index contributed by atoms with van der Waals surface area (Å²) in [5.74, 6) is -1.71. The molecule has 0 unspecified atom stereocenters. The molecule has 1 fully saturated rings. The van der Waals surface area contributed by atoms with Gasteiger partial charge < -0.3 is 14.7 Å². The number of aliphatic hydroxyl groups is 1. The molecule has 144 valence electrons. The second kappa shape index (κ2) is 8.33. The van der Waals surface area contributed by atoms with E-state index >= 15 is 0 Å². The molecule has 1 aromatic carbocycles. The summed E-state index contributed by atoms with van der Waals surface area (Å²) in [6.45, 7) is 3.21. The number of hydrogen-bond donors (Lipinski definition) is 1. The van der Waals surface area contributed by atoms with Crippen LogP contribution in [0.1, 0.15) is 61.4 Å². The highest BCUT2D eigenvalue weighted by Gasteiger charge is 2.35. The van der Waals surface area contributed by atoms with Crippen molar-refractivity contribution in [2.45, 2.75) is 52.0 Å². The van der Waals surface area contributed by atoms with Crippen LogP contribution in [0.4, 0.5) is 8.78 Å². The van der Waals surface area contributed by atoms with Crippen molar-refractivity contribution in [3.8, 4) is 5.75 Å². The Hall–Kier alpha value is -1.69. The molecule has 2 aliphatic rings. The number of fused-ring (bicyclic) bond motifs is 1. The second-order valence-electron chi connectivity index (χ2n) is 7.49. The van der Waals surface area contributed by atoms with Crippen LogP contribution in [-0.2, 0) is 6.54 Å². The van der Waals surface area contributed by atoms with Crippen molar-refractivity contribution in [3.63, 3.8) is 0 Å². The Kier molecular flexibility index (Phi) is 6.12. The summed E-state index contributed by atoms with van der Waals surface area (Å²) in [6, 6.07) is 1.24. The van der Waals surface area contributed by atoms with Crippen LogP contribution < -0.4 is 4.74 Å². The fourth-order valence-electron chi connectivity index (χ4n) is 3.95. The lowest BCUT2D eigenvalue weighted by atomic mass is 9.82. The predicted molar refractivity (Wildman–Crippen MR) is 94.0 cm³/mol. The smallest absolute Gasteiger partial charge is 0.257 e. The van der Waals surface area contributed by atoms with Crippen LogP contribution in [0, 0.1) is 23.5 Å². The van der Waals surface area contributed by atoms with E-state index in [2.05, 4.69) is 0 Å². The Balaban J connectivity index is 1.70. The number of nitrogens with zero attached hydrogens (tertiary/aromatic N) is 1. The Morgan fingerprint density at radius 1 is 1.23 bits per heavy atom. The van der Waals surface area contributed by atoms with Gasteiger partial charge >= 0.3 is 0 Å². The SMILES string of the molecule is CCCCOc1c(F)cc2c(c1F)C(=O)N(C[C@H]1CC[C@H](CO)CC1)C2. The molecule has 0 atom stereocenters. The molecule has 1 heterocycles. The Morgan fingerprint density at radius 3 is 2.58 bits per heavy atom. The highest BCUT2D eigenvalue weighted by Crippen LogP contribution is 2.35. The fourth-order valence-corrected chi connectivity index (χ4v) is 3.95. The molecule has 3 rings (SSSR count). The van der Waals surface area contributed by atoms with E-state index in [0.29, 0.717) is 30.4 Å². The average molecular weight is 367 g/mol. The Labute approximate surface area is 153 Å². The van der Waals surface area contributed by atoms with Crippen molar-refractivity contribution < 1.29 is 23.4 Å². The van der Waals surface area contributed by atoms with Gasteiger partial charge in [-0.2, -0.15) is 0 Å². The molecule has 1 aliphatic heterocycles. The molecule has 1 aliphatic carbocycles. The summed E-state index contributed by atoms with van der Waals surface area (Å²) in [5, 5.41) is 9.23. The normalized spacial score (nSPS) is 22.6. The minimum absolute atomic E-state index is 0.0399. The van der Waals surface area contributed by atoms with E-state index < -0.39 is 17.4 Å². The van der Waals surface area contributed by atoms with E-state index in [-0.39, 0.29) is 31.2 Å². The lowest BCUT2D eigenvalue weighted by Gasteiger charge is -2.30. The van der Waals surface area contributed by atoms with E-state index in [4.69, 9.17) is 4.74 Å². The lowest BCUT2D eigenvalue weighted by molar-refractivity contribution is 0.0714. The fraction of sp³-hybridized carbons (Fsp3) is 0.650. The van der Waals surface area contributed by atoms with Crippen molar-refractivity contribution in [2.75, 3.05) is 19.8 Å². The third kappa shape index (κ3) is 3.85. The number of hydrogen-bond acceptors (Lipinski definition) is 3. The Bertz CT molecular complexity index is 657. The van der Waals surface area contributed by atoms with Crippen LogP contribution in [0.3, 0.4) is 0 Å². The molecular formula is C20H27F2NO3. The van der Waals surface area contributed by atoms with Crippen LogP contribution in [0.2, 0.25) is 0 Å². The monoisotopic (exact) mass is 367 g/mol. The third-order valence-corrected chi connectivity index (χ3v) is 5.57. The molecule has 0 radical (unpaired) electrons. The average Bonchev–Trinajstić information content (AvgIpc) is 2.94. The van der Waals surface area contributed by atoms with Gasteiger partial charge in [-0.3, -0.25) is 4.79 Å². The summed E-state index contributed by atoms with van der Waals surface area (Å²) >= 11 is 0. The van der Waals surface area contributed by atoms with Crippen molar-refractivity contribution in [3.05, 3.63) is 28.8 Å². The molecule has 0 bridgehead atoms. The summed E-state index contributed by atoms with van der Waals surface area (Å²) < 4.78 is 34.2. The number of carbonyl (C=O) groups is 1. The van der Waals surface area contributed by atoms with Gasteiger partial charge in [0.25, 0.3) is 5.91 Å².